The molecule has 2 unspecified atom stereocenters. The van der Waals surface area contributed by atoms with Gasteiger partial charge in [0.05, 0.1) is 5.02 Å². The van der Waals surface area contributed by atoms with Crippen LogP contribution in [0.2, 0.25) is 5.02 Å². The molecule has 0 bridgehead atoms. The second kappa shape index (κ2) is 9.37. The standard InChI is InChI=1S/C18H26ClFN4.HI/c1-24-9-8-13(11-22-18(21)23-14-4-2-3-5-14)17(24)12-6-7-15(19)16(20)10-12;/h6-7,10,13-14,17H,2-5,8-9,11H2,1H3,(H3,21,22,23);1H. The predicted molar refractivity (Wildman–Crippen MR) is 112 cm³/mol. The molecular weight excluding hydrogens is 454 g/mol. The average Bonchev–Trinajstić information content (AvgIpc) is 3.18. The molecule has 1 saturated heterocycles. The fraction of sp³-hybridized carbons (Fsp3) is 0.611. The number of rotatable bonds is 4. The Labute approximate surface area is 171 Å². The van der Waals surface area contributed by atoms with Crippen LogP contribution < -0.4 is 11.1 Å². The molecule has 0 amide bonds. The maximum atomic E-state index is 13.8. The number of aliphatic imine (C=N–C) groups is 1. The van der Waals surface area contributed by atoms with Crippen LogP contribution in [0.25, 0.3) is 0 Å². The number of nitrogens with two attached hydrogens (primary N) is 1. The van der Waals surface area contributed by atoms with Gasteiger partial charge in [0.1, 0.15) is 5.82 Å². The molecule has 2 atom stereocenters. The van der Waals surface area contributed by atoms with Gasteiger partial charge in [-0.25, -0.2) is 4.39 Å². The lowest BCUT2D eigenvalue weighted by Crippen LogP contribution is -2.39. The molecule has 1 aliphatic carbocycles. The number of nitrogens with one attached hydrogen (secondary N) is 1. The number of likely N-dealkylation sites (tertiary alicyclic amines) is 1. The zero-order chi connectivity index (χ0) is 17.1. The van der Waals surface area contributed by atoms with Crippen LogP contribution in [0.1, 0.15) is 43.7 Å². The molecule has 25 heavy (non-hydrogen) atoms. The largest absolute Gasteiger partial charge is 0.370 e. The Kier molecular flexibility index (Phi) is 7.76. The molecule has 0 spiro atoms. The Morgan fingerprint density at radius 1 is 1.36 bits per heavy atom. The van der Waals surface area contributed by atoms with Crippen molar-refractivity contribution in [3.8, 4) is 0 Å². The second-order valence-electron chi connectivity index (χ2n) is 7.00. The van der Waals surface area contributed by atoms with Gasteiger partial charge in [0, 0.05) is 18.6 Å². The van der Waals surface area contributed by atoms with Crippen LogP contribution in [-0.2, 0) is 0 Å². The minimum absolute atomic E-state index is 0. The van der Waals surface area contributed by atoms with Gasteiger partial charge in [-0.15, -0.1) is 24.0 Å². The molecular formula is C18H27ClFIN4. The SMILES string of the molecule is CN1CCC(CN=C(N)NC2CCCC2)C1c1ccc(Cl)c(F)c1.I. The number of nitrogens with zero attached hydrogens (tertiary/aromatic N) is 2. The summed E-state index contributed by atoms with van der Waals surface area (Å²) in [5.74, 6) is 0.510. The van der Waals surface area contributed by atoms with Crippen molar-refractivity contribution in [2.75, 3.05) is 20.1 Å². The minimum Gasteiger partial charge on any atom is -0.370 e. The van der Waals surface area contributed by atoms with Crippen LogP contribution in [0.3, 0.4) is 0 Å². The summed E-state index contributed by atoms with van der Waals surface area (Å²) in [6, 6.07) is 5.72. The van der Waals surface area contributed by atoms with Gasteiger partial charge < -0.3 is 11.1 Å². The van der Waals surface area contributed by atoms with Crippen molar-refractivity contribution in [2.45, 2.75) is 44.2 Å². The van der Waals surface area contributed by atoms with Crippen molar-refractivity contribution in [3.05, 3.63) is 34.6 Å². The molecule has 1 heterocycles. The summed E-state index contributed by atoms with van der Waals surface area (Å²) in [7, 11) is 2.07. The van der Waals surface area contributed by atoms with Crippen molar-refractivity contribution in [1.29, 1.82) is 0 Å². The van der Waals surface area contributed by atoms with Gasteiger partial charge in [-0.3, -0.25) is 9.89 Å². The molecule has 2 aliphatic rings. The topological polar surface area (TPSA) is 53.6 Å². The van der Waals surface area contributed by atoms with E-state index in [2.05, 4.69) is 22.3 Å². The van der Waals surface area contributed by atoms with Gasteiger partial charge >= 0.3 is 0 Å². The molecule has 3 N–H and O–H groups in total. The molecule has 0 radical (unpaired) electrons. The van der Waals surface area contributed by atoms with E-state index in [0.717, 1.165) is 18.5 Å². The Balaban J connectivity index is 0.00000225. The van der Waals surface area contributed by atoms with Crippen LogP contribution in [0.4, 0.5) is 4.39 Å². The lowest BCUT2D eigenvalue weighted by Gasteiger charge is -2.25. The zero-order valence-corrected chi connectivity index (χ0v) is 17.6. The molecule has 1 aromatic carbocycles. The number of hydrogen-bond donors (Lipinski definition) is 2. The van der Waals surface area contributed by atoms with Crippen molar-refractivity contribution in [2.24, 2.45) is 16.6 Å². The Bertz CT molecular complexity index is 607. The summed E-state index contributed by atoms with van der Waals surface area (Å²) in [4.78, 5) is 6.81. The minimum atomic E-state index is -0.362. The van der Waals surface area contributed by atoms with Gasteiger partial charge in [-0.2, -0.15) is 0 Å². The van der Waals surface area contributed by atoms with Crippen LogP contribution in [0.5, 0.6) is 0 Å². The molecule has 2 fully saturated rings. The maximum Gasteiger partial charge on any atom is 0.188 e. The molecule has 1 aliphatic heterocycles. The summed E-state index contributed by atoms with van der Waals surface area (Å²) in [5, 5.41) is 3.49. The van der Waals surface area contributed by atoms with Gasteiger partial charge in [-0.05, 0) is 56.5 Å². The third kappa shape index (κ3) is 5.20. The van der Waals surface area contributed by atoms with Gasteiger partial charge in [0.25, 0.3) is 0 Å². The highest BCUT2D eigenvalue weighted by Gasteiger charge is 2.33. The number of guanidine groups is 1. The monoisotopic (exact) mass is 480 g/mol. The van der Waals surface area contributed by atoms with Crippen LogP contribution >= 0.6 is 35.6 Å². The van der Waals surface area contributed by atoms with E-state index in [-0.39, 0.29) is 40.9 Å². The molecule has 4 nitrogen and oxygen atoms in total. The van der Waals surface area contributed by atoms with E-state index in [9.17, 15) is 4.39 Å². The van der Waals surface area contributed by atoms with Crippen LogP contribution in [0, 0.1) is 11.7 Å². The first-order chi connectivity index (χ1) is 11.5. The van der Waals surface area contributed by atoms with Gasteiger partial charge in [0.15, 0.2) is 5.96 Å². The van der Waals surface area contributed by atoms with E-state index < -0.39 is 0 Å². The Hall–Kier alpha value is -0.600. The van der Waals surface area contributed by atoms with E-state index in [4.69, 9.17) is 17.3 Å². The first-order valence-electron chi connectivity index (χ1n) is 8.76. The third-order valence-corrected chi connectivity index (χ3v) is 5.57. The van der Waals surface area contributed by atoms with Gasteiger partial charge in [0.2, 0.25) is 0 Å². The fourth-order valence-corrected chi connectivity index (χ4v) is 4.10. The predicted octanol–water partition coefficient (Wildman–Crippen LogP) is 3.94. The van der Waals surface area contributed by atoms with Crippen molar-refractivity contribution >= 4 is 41.5 Å². The highest BCUT2D eigenvalue weighted by Crippen LogP contribution is 2.37. The number of hydrogen-bond acceptors (Lipinski definition) is 2. The molecule has 3 rings (SSSR count). The average molecular weight is 481 g/mol. The van der Waals surface area contributed by atoms with Crippen molar-refractivity contribution < 1.29 is 4.39 Å². The summed E-state index contributed by atoms with van der Waals surface area (Å²) in [5.41, 5.74) is 7.00. The van der Waals surface area contributed by atoms with E-state index in [1.54, 1.807) is 12.1 Å². The number of halogens is 3. The van der Waals surface area contributed by atoms with E-state index >= 15 is 0 Å². The summed E-state index contributed by atoms with van der Waals surface area (Å²) < 4.78 is 13.8. The van der Waals surface area contributed by atoms with Crippen LogP contribution in [0.15, 0.2) is 23.2 Å². The molecule has 1 aromatic rings. The summed E-state index contributed by atoms with van der Waals surface area (Å²) >= 11 is 5.81. The summed E-state index contributed by atoms with van der Waals surface area (Å²) in [6.45, 7) is 1.63. The molecule has 7 heteroatoms. The second-order valence-corrected chi connectivity index (χ2v) is 7.41. The molecule has 1 saturated carbocycles. The quantitative estimate of drug-likeness (QED) is 0.390. The lowest BCUT2D eigenvalue weighted by atomic mass is 9.94. The van der Waals surface area contributed by atoms with Crippen LogP contribution in [-0.4, -0.2) is 37.0 Å². The Morgan fingerprint density at radius 2 is 2.08 bits per heavy atom. The van der Waals surface area contributed by atoms with E-state index in [1.165, 1.54) is 25.7 Å². The summed E-state index contributed by atoms with van der Waals surface area (Å²) in [6.07, 6.45) is 5.92. The smallest absolute Gasteiger partial charge is 0.188 e. The third-order valence-electron chi connectivity index (χ3n) is 5.26. The van der Waals surface area contributed by atoms with E-state index in [1.807, 2.05) is 6.07 Å². The lowest BCUT2D eigenvalue weighted by molar-refractivity contribution is 0.279. The molecule has 140 valence electrons. The highest BCUT2D eigenvalue weighted by molar-refractivity contribution is 14.0. The first kappa shape index (κ1) is 20.7. The fourth-order valence-electron chi connectivity index (χ4n) is 3.98. The maximum absolute atomic E-state index is 13.8. The van der Waals surface area contributed by atoms with Gasteiger partial charge in [-0.1, -0.05) is 30.5 Å². The van der Waals surface area contributed by atoms with E-state index in [0.29, 0.717) is 24.5 Å². The zero-order valence-electron chi connectivity index (χ0n) is 14.5. The van der Waals surface area contributed by atoms with Crippen molar-refractivity contribution in [1.82, 2.24) is 10.2 Å². The Morgan fingerprint density at radius 3 is 2.76 bits per heavy atom. The first-order valence-corrected chi connectivity index (χ1v) is 9.14. The number of benzene rings is 1. The van der Waals surface area contributed by atoms with Crippen molar-refractivity contribution in [3.63, 3.8) is 0 Å². The molecule has 0 aromatic heterocycles. The highest BCUT2D eigenvalue weighted by atomic mass is 127. The normalized spacial score (nSPS) is 25.2.